The Morgan fingerprint density at radius 2 is 2.25 bits per heavy atom. The van der Waals surface area contributed by atoms with Gasteiger partial charge in [-0.2, -0.15) is 0 Å². The van der Waals surface area contributed by atoms with Crippen LogP contribution in [0, 0.1) is 19.8 Å². The van der Waals surface area contributed by atoms with Crippen LogP contribution in [0.5, 0.6) is 0 Å². The summed E-state index contributed by atoms with van der Waals surface area (Å²) in [5.74, 6) is 1.19. The van der Waals surface area contributed by atoms with E-state index in [1.165, 1.54) is 0 Å². The van der Waals surface area contributed by atoms with Gasteiger partial charge in [0.2, 0.25) is 5.91 Å². The topological polar surface area (TPSA) is 98.1 Å². The zero-order chi connectivity index (χ0) is 17.1. The molecule has 0 saturated carbocycles. The summed E-state index contributed by atoms with van der Waals surface area (Å²) in [6.45, 7) is 5.43. The predicted molar refractivity (Wildman–Crippen MR) is 89.1 cm³/mol. The molecule has 1 aliphatic rings. The van der Waals surface area contributed by atoms with Crippen molar-refractivity contribution in [2.75, 3.05) is 19.6 Å². The minimum absolute atomic E-state index is 0.0267. The van der Waals surface area contributed by atoms with E-state index in [1.807, 2.05) is 24.8 Å². The Morgan fingerprint density at radius 3 is 2.96 bits per heavy atom. The molecule has 0 aromatic carbocycles. The van der Waals surface area contributed by atoms with Gasteiger partial charge in [0.1, 0.15) is 12.1 Å². The lowest BCUT2D eigenvalue weighted by Crippen LogP contribution is -2.43. The molecule has 0 aliphatic carbocycles. The molecule has 7 heteroatoms. The Morgan fingerprint density at radius 1 is 1.42 bits per heavy atom. The van der Waals surface area contributed by atoms with E-state index in [1.54, 1.807) is 6.33 Å². The number of nitrogens with two attached hydrogens (primary N) is 1. The maximum atomic E-state index is 11.8. The molecule has 1 unspecified atom stereocenters. The number of carbonyl (C=O) groups excluding carboxylic acids is 1. The van der Waals surface area contributed by atoms with Gasteiger partial charge in [0.05, 0.1) is 23.5 Å². The molecule has 2 aromatic heterocycles. The van der Waals surface area contributed by atoms with Crippen LogP contribution in [-0.4, -0.2) is 45.6 Å². The van der Waals surface area contributed by atoms with Crippen LogP contribution in [0.4, 0.5) is 0 Å². The summed E-state index contributed by atoms with van der Waals surface area (Å²) in [7, 11) is 0. The molecule has 1 aliphatic heterocycles. The number of aryl methyl sites for hydroxylation is 2. The third kappa shape index (κ3) is 3.46. The first kappa shape index (κ1) is 16.6. The van der Waals surface area contributed by atoms with Gasteiger partial charge in [0.25, 0.3) is 0 Å². The van der Waals surface area contributed by atoms with Crippen LogP contribution in [-0.2, 0) is 11.2 Å². The molecule has 1 atom stereocenters. The van der Waals surface area contributed by atoms with E-state index in [-0.39, 0.29) is 12.5 Å². The number of hydrogen-bond donors (Lipinski definition) is 1. The number of carbonyl (C=O) groups is 1. The number of hydrogen-bond acceptors (Lipinski definition) is 6. The minimum atomic E-state index is 0.0267. The first-order valence-electron chi connectivity index (χ1n) is 8.30. The van der Waals surface area contributed by atoms with Gasteiger partial charge in [-0.3, -0.25) is 4.79 Å². The number of likely N-dealkylation sites (tertiary alicyclic amines) is 1. The fraction of sp³-hybridized carbons (Fsp3) is 0.529. The summed E-state index contributed by atoms with van der Waals surface area (Å²) < 4.78 is 5.23. The van der Waals surface area contributed by atoms with Gasteiger partial charge in [-0.1, -0.05) is 5.16 Å². The van der Waals surface area contributed by atoms with Crippen molar-refractivity contribution in [2.24, 2.45) is 11.7 Å². The van der Waals surface area contributed by atoms with E-state index in [0.717, 1.165) is 60.8 Å². The third-order valence-corrected chi connectivity index (χ3v) is 4.56. The smallest absolute Gasteiger partial charge is 0.236 e. The highest BCUT2D eigenvalue weighted by atomic mass is 16.5. The molecule has 3 rings (SSSR count). The highest BCUT2D eigenvalue weighted by Crippen LogP contribution is 2.26. The van der Waals surface area contributed by atoms with Gasteiger partial charge < -0.3 is 15.2 Å². The first-order valence-corrected chi connectivity index (χ1v) is 8.30. The Labute approximate surface area is 141 Å². The fourth-order valence-electron chi connectivity index (χ4n) is 3.38. The molecule has 1 fully saturated rings. The molecule has 3 heterocycles. The Balaban J connectivity index is 1.74. The number of aromatic nitrogens is 3. The second-order valence-electron chi connectivity index (χ2n) is 6.35. The van der Waals surface area contributed by atoms with Gasteiger partial charge in [-0.25, -0.2) is 9.97 Å². The van der Waals surface area contributed by atoms with Crippen LogP contribution < -0.4 is 5.73 Å². The Hall–Kier alpha value is -2.28. The molecule has 0 radical (unpaired) electrons. The van der Waals surface area contributed by atoms with Crippen LogP contribution in [0.3, 0.4) is 0 Å². The van der Waals surface area contributed by atoms with Crippen molar-refractivity contribution in [1.82, 2.24) is 20.0 Å². The summed E-state index contributed by atoms with van der Waals surface area (Å²) in [6.07, 6.45) is 4.52. The van der Waals surface area contributed by atoms with E-state index in [9.17, 15) is 4.79 Å². The van der Waals surface area contributed by atoms with E-state index >= 15 is 0 Å². The largest absolute Gasteiger partial charge is 0.361 e. The zero-order valence-electron chi connectivity index (χ0n) is 14.2. The normalized spacial score (nSPS) is 18.0. The average Bonchev–Trinajstić information content (AvgIpc) is 2.93. The molecular formula is C17H23N5O2. The molecule has 0 bridgehead atoms. The lowest BCUT2D eigenvalue weighted by molar-refractivity contribution is -0.131. The highest BCUT2D eigenvalue weighted by Gasteiger charge is 2.23. The van der Waals surface area contributed by atoms with Crippen molar-refractivity contribution in [1.29, 1.82) is 0 Å². The molecule has 0 spiro atoms. The van der Waals surface area contributed by atoms with Gasteiger partial charge in [-0.15, -0.1) is 0 Å². The second kappa shape index (κ2) is 7.09. The Bertz CT molecular complexity index is 708. The van der Waals surface area contributed by atoms with Crippen molar-refractivity contribution in [3.63, 3.8) is 0 Å². The van der Waals surface area contributed by atoms with Crippen LogP contribution in [0.25, 0.3) is 11.3 Å². The molecule has 128 valence electrons. The maximum Gasteiger partial charge on any atom is 0.236 e. The zero-order valence-corrected chi connectivity index (χ0v) is 14.2. The molecular weight excluding hydrogens is 306 g/mol. The van der Waals surface area contributed by atoms with Crippen LogP contribution in [0.2, 0.25) is 0 Å². The van der Waals surface area contributed by atoms with Crippen molar-refractivity contribution < 1.29 is 9.32 Å². The summed E-state index contributed by atoms with van der Waals surface area (Å²) in [5, 5.41) is 3.99. The van der Waals surface area contributed by atoms with Crippen molar-refractivity contribution in [2.45, 2.75) is 33.1 Å². The van der Waals surface area contributed by atoms with Gasteiger partial charge in [-0.05, 0) is 45.1 Å². The van der Waals surface area contributed by atoms with E-state index < -0.39 is 0 Å². The quantitative estimate of drug-likeness (QED) is 0.912. The van der Waals surface area contributed by atoms with Gasteiger partial charge in [0.15, 0.2) is 0 Å². The second-order valence-corrected chi connectivity index (χ2v) is 6.35. The number of amides is 1. The summed E-state index contributed by atoms with van der Waals surface area (Å²) in [6, 6.07) is 2.00. The highest BCUT2D eigenvalue weighted by molar-refractivity contribution is 5.78. The van der Waals surface area contributed by atoms with Crippen molar-refractivity contribution in [3.8, 4) is 11.3 Å². The number of nitrogens with zero attached hydrogens (tertiary/aromatic N) is 4. The van der Waals surface area contributed by atoms with Crippen LogP contribution in [0.15, 0.2) is 16.9 Å². The van der Waals surface area contributed by atoms with E-state index in [2.05, 4.69) is 15.1 Å². The van der Waals surface area contributed by atoms with Gasteiger partial charge in [0, 0.05) is 18.8 Å². The minimum Gasteiger partial charge on any atom is -0.361 e. The standard InChI is InChI=1S/C17H23N5O2/c1-11-17(12(2)24-21-11)15-7-14(19-10-20-15)6-13-4-3-5-22(9-13)16(23)8-18/h7,10,13H,3-6,8-9,18H2,1-2H3. The molecule has 7 nitrogen and oxygen atoms in total. The maximum absolute atomic E-state index is 11.8. The average molecular weight is 329 g/mol. The van der Waals surface area contributed by atoms with Gasteiger partial charge >= 0.3 is 0 Å². The third-order valence-electron chi connectivity index (χ3n) is 4.56. The summed E-state index contributed by atoms with van der Waals surface area (Å²) >= 11 is 0. The molecule has 2 N–H and O–H groups in total. The summed E-state index contributed by atoms with van der Waals surface area (Å²) in [4.78, 5) is 22.4. The molecule has 1 saturated heterocycles. The first-order chi connectivity index (χ1) is 11.6. The molecule has 2 aromatic rings. The van der Waals surface area contributed by atoms with Crippen molar-refractivity contribution >= 4 is 5.91 Å². The fourth-order valence-corrected chi connectivity index (χ4v) is 3.38. The number of rotatable bonds is 4. The lowest BCUT2D eigenvalue weighted by Gasteiger charge is -2.32. The Kier molecular flexibility index (Phi) is 4.89. The van der Waals surface area contributed by atoms with E-state index in [0.29, 0.717) is 5.92 Å². The van der Waals surface area contributed by atoms with E-state index in [4.69, 9.17) is 10.3 Å². The van der Waals surface area contributed by atoms with Crippen molar-refractivity contribution in [3.05, 3.63) is 29.5 Å². The summed E-state index contributed by atoms with van der Waals surface area (Å²) in [5.41, 5.74) is 9.05. The monoisotopic (exact) mass is 329 g/mol. The van der Waals surface area contributed by atoms with Crippen LogP contribution in [0.1, 0.15) is 30.0 Å². The van der Waals surface area contributed by atoms with Crippen LogP contribution >= 0.6 is 0 Å². The SMILES string of the molecule is Cc1noc(C)c1-c1cc(CC2CCCN(C(=O)CN)C2)ncn1. The molecule has 24 heavy (non-hydrogen) atoms. The molecule has 1 amide bonds. The predicted octanol–water partition coefficient (Wildman–Crippen LogP) is 1.49. The number of piperidine rings is 1. The lowest BCUT2D eigenvalue weighted by atomic mass is 9.92.